The maximum absolute atomic E-state index is 4.41. The summed E-state index contributed by atoms with van der Waals surface area (Å²) in [5.74, 6) is 1.06. The lowest BCUT2D eigenvalue weighted by Crippen LogP contribution is -2.00. The number of benzene rings is 2. The van der Waals surface area contributed by atoms with Crippen molar-refractivity contribution in [2.75, 3.05) is 5.75 Å². The second-order valence-electron chi connectivity index (χ2n) is 5.14. The molecule has 0 saturated carbocycles. The maximum Gasteiger partial charge on any atom is 0.0546 e. The van der Waals surface area contributed by atoms with Crippen LogP contribution in [0, 0.1) is 0 Å². The third kappa shape index (κ3) is 3.99. The van der Waals surface area contributed by atoms with Crippen LogP contribution in [0.2, 0.25) is 0 Å². The molecule has 22 heavy (non-hydrogen) atoms. The van der Waals surface area contributed by atoms with E-state index in [4.69, 9.17) is 0 Å². The van der Waals surface area contributed by atoms with Crippen LogP contribution in [-0.2, 0) is 6.42 Å². The van der Waals surface area contributed by atoms with Crippen LogP contribution >= 0.6 is 11.8 Å². The van der Waals surface area contributed by atoms with Crippen molar-refractivity contribution in [3.63, 3.8) is 0 Å². The second-order valence-corrected chi connectivity index (χ2v) is 6.36. The molecule has 2 heteroatoms. The molecule has 0 bridgehead atoms. The third-order valence-corrected chi connectivity index (χ3v) is 4.89. The highest BCUT2D eigenvalue weighted by molar-refractivity contribution is 7.99. The minimum Gasteiger partial charge on any atom is -0.261 e. The van der Waals surface area contributed by atoms with Gasteiger partial charge in [-0.25, -0.2) is 0 Å². The molecule has 2 aromatic carbocycles. The summed E-state index contributed by atoms with van der Waals surface area (Å²) >= 11 is 1.98. The Kier molecular flexibility index (Phi) is 5.27. The molecule has 1 aromatic heterocycles. The fourth-order valence-electron chi connectivity index (χ4n) is 2.47. The summed E-state index contributed by atoms with van der Waals surface area (Å²) in [7, 11) is 0. The second kappa shape index (κ2) is 7.81. The lowest BCUT2D eigenvalue weighted by molar-refractivity contribution is 1.04. The van der Waals surface area contributed by atoms with Crippen molar-refractivity contribution in [1.82, 2.24) is 4.98 Å². The van der Waals surface area contributed by atoms with Gasteiger partial charge in [0, 0.05) is 11.9 Å². The Morgan fingerprint density at radius 2 is 1.32 bits per heavy atom. The van der Waals surface area contributed by atoms with E-state index in [0.29, 0.717) is 5.25 Å². The molecule has 3 aromatic rings. The summed E-state index contributed by atoms with van der Waals surface area (Å²) in [4.78, 5) is 4.41. The van der Waals surface area contributed by atoms with E-state index in [1.165, 1.54) is 11.1 Å². The fourth-order valence-corrected chi connectivity index (χ4v) is 3.73. The molecule has 0 unspecified atom stereocenters. The van der Waals surface area contributed by atoms with Gasteiger partial charge in [-0.15, -0.1) is 11.8 Å². The van der Waals surface area contributed by atoms with Crippen LogP contribution in [0.15, 0.2) is 85.1 Å². The van der Waals surface area contributed by atoms with E-state index in [-0.39, 0.29) is 0 Å². The van der Waals surface area contributed by atoms with Crippen molar-refractivity contribution in [3.8, 4) is 0 Å². The standard InChI is InChI=1S/C20H19NS/c1-3-9-17(10-4-1)20(18-11-5-2-6-12-18)22-16-14-19-13-7-8-15-21-19/h1-13,15,20H,14,16H2. The van der Waals surface area contributed by atoms with Crippen LogP contribution < -0.4 is 0 Å². The highest BCUT2D eigenvalue weighted by Crippen LogP contribution is 2.35. The Morgan fingerprint density at radius 3 is 1.86 bits per heavy atom. The van der Waals surface area contributed by atoms with Gasteiger partial charge in [0.2, 0.25) is 0 Å². The van der Waals surface area contributed by atoms with Gasteiger partial charge < -0.3 is 0 Å². The van der Waals surface area contributed by atoms with Crippen molar-refractivity contribution in [3.05, 3.63) is 102 Å². The first kappa shape index (κ1) is 14.9. The molecule has 0 aliphatic rings. The van der Waals surface area contributed by atoms with Crippen LogP contribution in [0.3, 0.4) is 0 Å². The quantitative estimate of drug-likeness (QED) is 0.625. The number of hydrogen-bond acceptors (Lipinski definition) is 2. The number of pyridine rings is 1. The van der Waals surface area contributed by atoms with E-state index in [1.807, 2.05) is 24.0 Å². The molecular formula is C20H19NS. The van der Waals surface area contributed by atoms with Gasteiger partial charge in [0.1, 0.15) is 0 Å². The molecule has 0 saturated heterocycles. The Morgan fingerprint density at radius 1 is 0.727 bits per heavy atom. The Bertz CT molecular complexity index is 628. The average molecular weight is 305 g/mol. The van der Waals surface area contributed by atoms with Gasteiger partial charge in [0.15, 0.2) is 0 Å². The third-order valence-electron chi connectivity index (χ3n) is 3.57. The molecule has 1 nitrogen and oxygen atoms in total. The summed E-state index contributed by atoms with van der Waals surface area (Å²) < 4.78 is 0. The summed E-state index contributed by atoms with van der Waals surface area (Å²) in [6.45, 7) is 0. The first-order valence-corrected chi connectivity index (χ1v) is 8.60. The smallest absolute Gasteiger partial charge is 0.0546 e. The van der Waals surface area contributed by atoms with Crippen molar-refractivity contribution in [2.45, 2.75) is 11.7 Å². The van der Waals surface area contributed by atoms with Crippen molar-refractivity contribution < 1.29 is 0 Å². The number of hydrogen-bond donors (Lipinski definition) is 0. The monoisotopic (exact) mass is 305 g/mol. The first-order valence-electron chi connectivity index (χ1n) is 7.55. The van der Waals surface area contributed by atoms with Crippen LogP contribution in [0.1, 0.15) is 22.1 Å². The summed E-state index contributed by atoms with van der Waals surface area (Å²) in [5.41, 5.74) is 3.88. The van der Waals surface area contributed by atoms with Crippen LogP contribution in [-0.4, -0.2) is 10.7 Å². The van der Waals surface area contributed by atoms with Crippen LogP contribution in [0.25, 0.3) is 0 Å². The van der Waals surface area contributed by atoms with Gasteiger partial charge in [-0.1, -0.05) is 66.7 Å². The number of nitrogens with zero attached hydrogens (tertiary/aromatic N) is 1. The normalized spacial score (nSPS) is 10.8. The van der Waals surface area contributed by atoms with E-state index in [0.717, 1.165) is 17.9 Å². The SMILES string of the molecule is c1ccc(C(SCCc2ccccn2)c2ccccc2)cc1. The van der Waals surface area contributed by atoms with E-state index in [9.17, 15) is 0 Å². The zero-order valence-electron chi connectivity index (χ0n) is 12.4. The molecular weight excluding hydrogens is 286 g/mol. The fraction of sp³-hybridized carbons (Fsp3) is 0.150. The number of aromatic nitrogens is 1. The molecule has 0 atom stereocenters. The van der Waals surface area contributed by atoms with E-state index >= 15 is 0 Å². The summed E-state index contributed by atoms with van der Waals surface area (Å²) in [5, 5.41) is 0.381. The van der Waals surface area contributed by atoms with Gasteiger partial charge in [-0.3, -0.25) is 4.98 Å². The molecule has 0 aliphatic carbocycles. The summed E-state index contributed by atoms with van der Waals surface area (Å²) in [6.07, 6.45) is 2.87. The van der Waals surface area contributed by atoms with Crippen LogP contribution in [0.5, 0.6) is 0 Å². The van der Waals surface area contributed by atoms with Gasteiger partial charge in [0.25, 0.3) is 0 Å². The number of thioether (sulfide) groups is 1. The Balaban J connectivity index is 1.72. The van der Waals surface area contributed by atoms with Crippen molar-refractivity contribution >= 4 is 11.8 Å². The average Bonchev–Trinajstić information content (AvgIpc) is 2.61. The molecule has 0 fully saturated rings. The van der Waals surface area contributed by atoms with Crippen LogP contribution in [0.4, 0.5) is 0 Å². The molecule has 0 aliphatic heterocycles. The molecule has 0 spiro atoms. The lowest BCUT2D eigenvalue weighted by Gasteiger charge is -2.17. The van der Waals surface area contributed by atoms with Crippen molar-refractivity contribution in [1.29, 1.82) is 0 Å². The van der Waals surface area contributed by atoms with Gasteiger partial charge in [0.05, 0.1) is 5.25 Å². The molecule has 3 rings (SSSR count). The van der Waals surface area contributed by atoms with Gasteiger partial charge in [-0.05, 0) is 35.4 Å². The molecule has 0 N–H and O–H groups in total. The number of aryl methyl sites for hydroxylation is 1. The highest BCUT2D eigenvalue weighted by Gasteiger charge is 2.14. The molecule has 1 heterocycles. The van der Waals surface area contributed by atoms with Gasteiger partial charge in [-0.2, -0.15) is 0 Å². The summed E-state index contributed by atoms with van der Waals surface area (Å²) in [6, 6.07) is 27.6. The first-order chi connectivity index (χ1) is 10.9. The highest BCUT2D eigenvalue weighted by atomic mass is 32.2. The predicted molar refractivity (Wildman–Crippen MR) is 95.1 cm³/mol. The Labute approximate surface area is 136 Å². The zero-order valence-corrected chi connectivity index (χ0v) is 13.2. The molecule has 0 radical (unpaired) electrons. The van der Waals surface area contributed by atoms with Crippen molar-refractivity contribution in [2.24, 2.45) is 0 Å². The Hall–Kier alpha value is -2.06. The largest absolute Gasteiger partial charge is 0.261 e. The van der Waals surface area contributed by atoms with E-state index in [1.54, 1.807) is 0 Å². The zero-order chi connectivity index (χ0) is 15.0. The predicted octanol–water partition coefficient (Wildman–Crippen LogP) is 5.15. The minimum atomic E-state index is 0.381. The van der Waals surface area contributed by atoms with Gasteiger partial charge >= 0.3 is 0 Å². The topological polar surface area (TPSA) is 12.9 Å². The molecule has 110 valence electrons. The minimum absolute atomic E-state index is 0.381. The maximum atomic E-state index is 4.41. The number of rotatable bonds is 6. The molecule has 0 amide bonds. The lowest BCUT2D eigenvalue weighted by atomic mass is 10.0. The van der Waals surface area contributed by atoms with E-state index < -0.39 is 0 Å². The van der Waals surface area contributed by atoms with E-state index in [2.05, 4.69) is 77.8 Å².